The summed E-state index contributed by atoms with van der Waals surface area (Å²) in [5, 5.41) is 25.2. The molecule has 1 heterocycles. The molecule has 3 rings (SSSR count). The van der Waals surface area contributed by atoms with Crippen molar-refractivity contribution in [3.05, 3.63) is 72.7 Å². The topological polar surface area (TPSA) is 121 Å². The quantitative estimate of drug-likeness (QED) is 0.450. The Labute approximate surface area is 156 Å². The summed E-state index contributed by atoms with van der Waals surface area (Å²) in [5.41, 5.74) is -0.0720. The number of aliphatic hydroxyl groups is 1. The van der Waals surface area contributed by atoms with E-state index < -0.39 is 16.6 Å². The molecule has 134 valence electrons. The lowest BCUT2D eigenvalue weighted by molar-refractivity contribution is -0.383. The highest BCUT2D eigenvalue weighted by Crippen LogP contribution is 2.32. The zero-order chi connectivity index (χ0) is 18.8. The number of nitrogens with one attached hydrogen (secondary N) is 2. The maximum absolute atomic E-state index is 11.8. The first-order chi connectivity index (χ1) is 12.4. The Morgan fingerprint density at radius 2 is 2.00 bits per heavy atom. The lowest BCUT2D eigenvalue weighted by Gasteiger charge is -2.16. The van der Waals surface area contributed by atoms with E-state index in [0.29, 0.717) is 5.56 Å². The molecule has 1 atom stereocenters. The van der Waals surface area contributed by atoms with Gasteiger partial charge in [-0.3, -0.25) is 14.9 Å². The Morgan fingerprint density at radius 3 is 2.65 bits per heavy atom. The van der Waals surface area contributed by atoms with Crippen LogP contribution in [0.4, 0.5) is 11.4 Å². The first-order valence-corrected chi connectivity index (χ1v) is 8.15. The zero-order valence-corrected chi connectivity index (χ0v) is 14.6. The number of H-pyrrole nitrogens is 1. The summed E-state index contributed by atoms with van der Waals surface area (Å²) >= 11 is 12.1. The first kappa shape index (κ1) is 18.1. The number of aliphatic hydroxyl groups excluding tert-OH is 1. The second-order valence-electron chi connectivity index (χ2n) is 5.41. The molecule has 8 nitrogen and oxygen atoms in total. The molecule has 3 N–H and O–H groups in total. The smallest absolute Gasteiger partial charge is 0.293 e. The number of halogens is 2. The minimum atomic E-state index is -1.10. The van der Waals surface area contributed by atoms with Gasteiger partial charge in [0.05, 0.1) is 28.3 Å². The van der Waals surface area contributed by atoms with E-state index >= 15 is 0 Å². The van der Waals surface area contributed by atoms with Gasteiger partial charge < -0.3 is 15.4 Å². The van der Waals surface area contributed by atoms with Crippen LogP contribution in [0.1, 0.15) is 11.7 Å². The normalized spacial score (nSPS) is 12.1. The summed E-state index contributed by atoms with van der Waals surface area (Å²) in [5.74, 6) is 0. The van der Waals surface area contributed by atoms with Gasteiger partial charge in [-0.2, -0.15) is 0 Å². The molecule has 0 saturated carbocycles. The predicted molar refractivity (Wildman–Crippen MR) is 98.9 cm³/mol. The zero-order valence-electron chi connectivity index (χ0n) is 13.1. The number of hydrogen-bond donors (Lipinski definition) is 3. The van der Waals surface area contributed by atoms with Crippen LogP contribution in [0.3, 0.4) is 0 Å². The second-order valence-corrected chi connectivity index (χ2v) is 6.22. The van der Waals surface area contributed by atoms with Gasteiger partial charge in [-0.1, -0.05) is 29.3 Å². The molecule has 0 radical (unpaired) electrons. The summed E-state index contributed by atoms with van der Waals surface area (Å²) < 4.78 is 0. The van der Waals surface area contributed by atoms with Gasteiger partial charge in [-0.15, -0.1) is 0 Å². The van der Waals surface area contributed by atoms with Crippen LogP contribution in [-0.2, 0) is 0 Å². The molecule has 10 heteroatoms. The van der Waals surface area contributed by atoms with Crippen LogP contribution in [0.25, 0.3) is 10.9 Å². The number of nitrogens with zero attached hydrogens (tertiary/aromatic N) is 2. The Bertz CT molecular complexity index is 1030. The Hall–Kier alpha value is -2.68. The molecule has 0 spiro atoms. The van der Waals surface area contributed by atoms with E-state index in [9.17, 15) is 20.0 Å². The molecule has 3 aromatic rings. The molecular formula is C16H12Cl2N4O4. The largest absolute Gasteiger partial charge is 0.386 e. The highest BCUT2D eigenvalue weighted by Gasteiger charge is 2.20. The number of fused-ring (bicyclic) bond motifs is 1. The third kappa shape index (κ3) is 3.48. The summed E-state index contributed by atoms with van der Waals surface area (Å²) in [6.45, 7) is -0.0843. The standard InChI is InChI=1S/C16H12Cl2N4O4/c17-9-2-1-3-10(18)15(9)14(23)6-19-12-5-11-8(4-13(12)22(25)26)16(24)21-7-20-11/h1-5,7,14,19,23H,6H2,(H,20,21,24). The lowest BCUT2D eigenvalue weighted by Crippen LogP contribution is -2.14. The fraction of sp³-hybridized carbons (Fsp3) is 0.125. The van der Waals surface area contributed by atoms with E-state index in [-0.39, 0.29) is 38.9 Å². The van der Waals surface area contributed by atoms with E-state index in [1.807, 2.05) is 0 Å². The number of benzene rings is 2. The minimum Gasteiger partial charge on any atom is -0.386 e. The fourth-order valence-electron chi connectivity index (χ4n) is 2.53. The van der Waals surface area contributed by atoms with Gasteiger partial charge in [0.15, 0.2) is 0 Å². The van der Waals surface area contributed by atoms with Crippen molar-refractivity contribution in [2.75, 3.05) is 11.9 Å². The monoisotopic (exact) mass is 394 g/mol. The van der Waals surface area contributed by atoms with Crippen molar-refractivity contribution in [1.29, 1.82) is 0 Å². The van der Waals surface area contributed by atoms with Crippen LogP contribution >= 0.6 is 23.2 Å². The Balaban J connectivity index is 1.94. The van der Waals surface area contributed by atoms with Crippen LogP contribution < -0.4 is 10.9 Å². The number of rotatable bonds is 5. The van der Waals surface area contributed by atoms with Gasteiger partial charge >= 0.3 is 0 Å². The summed E-state index contributed by atoms with van der Waals surface area (Å²) in [4.78, 5) is 28.8. The highest BCUT2D eigenvalue weighted by atomic mass is 35.5. The number of aromatic nitrogens is 2. The average Bonchev–Trinajstić information content (AvgIpc) is 2.59. The summed E-state index contributed by atoms with van der Waals surface area (Å²) in [6, 6.07) is 7.33. The second kappa shape index (κ2) is 7.28. The maximum Gasteiger partial charge on any atom is 0.293 e. The SMILES string of the molecule is O=c1[nH]cnc2cc(NCC(O)c3c(Cl)cccc3Cl)c([N+](=O)[O-])cc12. The van der Waals surface area contributed by atoms with E-state index in [0.717, 1.165) is 6.07 Å². The molecule has 0 aliphatic heterocycles. The van der Waals surface area contributed by atoms with E-state index in [2.05, 4.69) is 15.3 Å². The van der Waals surface area contributed by atoms with Gasteiger partial charge in [0, 0.05) is 28.2 Å². The number of hydrogen-bond acceptors (Lipinski definition) is 6. The lowest BCUT2D eigenvalue weighted by atomic mass is 10.1. The van der Waals surface area contributed by atoms with E-state index in [4.69, 9.17) is 23.2 Å². The summed E-state index contributed by atoms with van der Waals surface area (Å²) in [6.07, 6.45) is 0.109. The number of aromatic amines is 1. The van der Waals surface area contributed by atoms with Crippen LogP contribution in [0.2, 0.25) is 10.0 Å². The minimum absolute atomic E-state index is 0.0843. The highest BCUT2D eigenvalue weighted by molar-refractivity contribution is 6.36. The maximum atomic E-state index is 11.8. The molecular weight excluding hydrogens is 383 g/mol. The van der Waals surface area contributed by atoms with Gasteiger partial charge in [0.2, 0.25) is 0 Å². The first-order valence-electron chi connectivity index (χ1n) is 7.40. The molecule has 0 aliphatic rings. The van der Waals surface area contributed by atoms with Crippen LogP contribution in [0.5, 0.6) is 0 Å². The van der Waals surface area contributed by atoms with Gasteiger partial charge in [0.25, 0.3) is 11.2 Å². The van der Waals surface area contributed by atoms with Crippen molar-refractivity contribution in [2.24, 2.45) is 0 Å². The van der Waals surface area contributed by atoms with E-state index in [1.165, 1.54) is 12.4 Å². The number of nitro benzene ring substituents is 1. The molecule has 1 aromatic heterocycles. The van der Waals surface area contributed by atoms with Crippen molar-refractivity contribution < 1.29 is 10.0 Å². The number of nitro groups is 1. The molecule has 26 heavy (non-hydrogen) atoms. The molecule has 0 saturated heterocycles. The third-order valence-electron chi connectivity index (χ3n) is 3.77. The van der Waals surface area contributed by atoms with Crippen molar-refractivity contribution in [3.63, 3.8) is 0 Å². The van der Waals surface area contributed by atoms with E-state index in [1.54, 1.807) is 18.2 Å². The third-order valence-corrected chi connectivity index (χ3v) is 4.43. The fourth-order valence-corrected chi connectivity index (χ4v) is 3.18. The summed E-state index contributed by atoms with van der Waals surface area (Å²) in [7, 11) is 0. The molecule has 0 fully saturated rings. The predicted octanol–water partition coefficient (Wildman–Crippen LogP) is 3.28. The van der Waals surface area contributed by atoms with Gasteiger partial charge in [-0.05, 0) is 18.2 Å². The van der Waals surface area contributed by atoms with Crippen molar-refractivity contribution in [3.8, 4) is 0 Å². The molecule has 1 unspecified atom stereocenters. The Kier molecular flexibility index (Phi) is 5.08. The van der Waals surface area contributed by atoms with Crippen molar-refractivity contribution >= 4 is 45.5 Å². The number of anilines is 1. The van der Waals surface area contributed by atoms with Crippen molar-refractivity contribution in [1.82, 2.24) is 9.97 Å². The Morgan fingerprint density at radius 1 is 1.31 bits per heavy atom. The average molecular weight is 395 g/mol. The van der Waals surface area contributed by atoms with Crippen LogP contribution in [-0.4, -0.2) is 26.5 Å². The van der Waals surface area contributed by atoms with Crippen LogP contribution in [0.15, 0.2) is 41.5 Å². The van der Waals surface area contributed by atoms with Gasteiger partial charge in [0.1, 0.15) is 5.69 Å². The molecule has 0 amide bonds. The molecule has 0 bridgehead atoms. The van der Waals surface area contributed by atoms with Gasteiger partial charge in [-0.25, -0.2) is 4.98 Å². The van der Waals surface area contributed by atoms with Crippen molar-refractivity contribution in [2.45, 2.75) is 6.10 Å². The molecule has 2 aromatic carbocycles. The molecule has 0 aliphatic carbocycles. The van der Waals surface area contributed by atoms with Crippen LogP contribution in [0, 0.1) is 10.1 Å².